The van der Waals surface area contributed by atoms with Crippen molar-refractivity contribution in [1.82, 2.24) is 10.2 Å². The minimum atomic E-state index is 0. The van der Waals surface area contributed by atoms with Crippen LogP contribution in [0.4, 0.5) is 0 Å². The summed E-state index contributed by atoms with van der Waals surface area (Å²) in [5.74, 6) is 1.36. The maximum absolute atomic E-state index is 6.08. The predicted octanol–water partition coefficient (Wildman–Crippen LogP) is 2.69. The standard InChI is InChI=1S/C19H30N4O.HI/c1-15-5-7-17(8-6-15)18(23-9-11-24-12-10-23)14-22-19(20)21-13-16-3-2-4-16;/h5-8,16,18H,2-4,9-14H2,1H3,(H3,20,21,22);1H. The number of aryl methyl sites for hydroxylation is 1. The lowest BCUT2D eigenvalue weighted by Gasteiger charge is -2.34. The maximum Gasteiger partial charge on any atom is 0.188 e. The summed E-state index contributed by atoms with van der Waals surface area (Å²) >= 11 is 0. The van der Waals surface area contributed by atoms with Gasteiger partial charge in [0.2, 0.25) is 0 Å². The molecule has 1 unspecified atom stereocenters. The molecule has 1 heterocycles. The third kappa shape index (κ3) is 6.11. The molecule has 0 aromatic heterocycles. The molecular formula is C19H31IN4O. The van der Waals surface area contributed by atoms with Gasteiger partial charge in [0.15, 0.2) is 5.96 Å². The molecule has 0 radical (unpaired) electrons. The Morgan fingerprint density at radius 2 is 1.96 bits per heavy atom. The molecule has 0 amide bonds. The van der Waals surface area contributed by atoms with Gasteiger partial charge in [0, 0.05) is 19.6 Å². The van der Waals surface area contributed by atoms with E-state index in [0.29, 0.717) is 12.5 Å². The smallest absolute Gasteiger partial charge is 0.188 e. The van der Waals surface area contributed by atoms with Crippen LogP contribution in [0.25, 0.3) is 0 Å². The SMILES string of the molecule is Cc1ccc(C(CN=C(N)NCC2CCC2)N2CCOCC2)cc1.I. The van der Waals surface area contributed by atoms with Crippen molar-refractivity contribution >= 4 is 29.9 Å². The van der Waals surface area contributed by atoms with E-state index in [4.69, 9.17) is 10.5 Å². The molecule has 5 nitrogen and oxygen atoms in total. The number of hydrogen-bond acceptors (Lipinski definition) is 3. The van der Waals surface area contributed by atoms with Gasteiger partial charge in [-0.25, -0.2) is 0 Å². The first-order valence-corrected chi connectivity index (χ1v) is 9.14. The minimum absolute atomic E-state index is 0. The van der Waals surface area contributed by atoms with Crippen LogP contribution in [0.3, 0.4) is 0 Å². The number of ether oxygens (including phenoxy) is 1. The number of nitrogens with one attached hydrogen (secondary N) is 1. The number of hydrogen-bond donors (Lipinski definition) is 2. The Balaban J connectivity index is 0.00000225. The molecule has 3 N–H and O–H groups in total. The third-order valence-electron chi connectivity index (χ3n) is 5.18. The third-order valence-corrected chi connectivity index (χ3v) is 5.18. The first-order valence-electron chi connectivity index (χ1n) is 9.14. The highest BCUT2D eigenvalue weighted by Crippen LogP contribution is 2.25. The van der Waals surface area contributed by atoms with Gasteiger partial charge in [0.25, 0.3) is 0 Å². The van der Waals surface area contributed by atoms with Crippen LogP contribution < -0.4 is 11.1 Å². The molecule has 1 saturated heterocycles. The summed E-state index contributed by atoms with van der Waals surface area (Å²) in [6, 6.07) is 9.03. The Kier molecular flexibility index (Phi) is 8.45. The number of halogens is 1. The molecule has 1 atom stereocenters. The Morgan fingerprint density at radius 3 is 2.56 bits per heavy atom. The molecule has 1 aliphatic carbocycles. The molecule has 1 aliphatic heterocycles. The lowest BCUT2D eigenvalue weighted by Crippen LogP contribution is -2.41. The predicted molar refractivity (Wildman–Crippen MR) is 114 cm³/mol. The zero-order chi connectivity index (χ0) is 16.8. The fourth-order valence-corrected chi connectivity index (χ4v) is 3.30. The van der Waals surface area contributed by atoms with E-state index in [1.165, 1.54) is 30.4 Å². The quantitative estimate of drug-likeness (QED) is 0.391. The molecule has 1 aromatic carbocycles. The van der Waals surface area contributed by atoms with Gasteiger partial charge in [0.1, 0.15) is 0 Å². The average Bonchev–Trinajstić information content (AvgIpc) is 2.56. The lowest BCUT2D eigenvalue weighted by molar-refractivity contribution is 0.0180. The summed E-state index contributed by atoms with van der Waals surface area (Å²) in [6.07, 6.45) is 4.00. The van der Waals surface area contributed by atoms with Crippen LogP contribution in [-0.4, -0.2) is 50.3 Å². The van der Waals surface area contributed by atoms with Crippen molar-refractivity contribution in [2.24, 2.45) is 16.6 Å². The molecule has 2 fully saturated rings. The molecule has 3 rings (SSSR count). The molecule has 1 saturated carbocycles. The molecule has 1 aromatic rings. The normalized spacial score (nSPS) is 20.4. The van der Waals surface area contributed by atoms with Crippen LogP contribution >= 0.6 is 24.0 Å². The van der Waals surface area contributed by atoms with E-state index < -0.39 is 0 Å². The fraction of sp³-hybridized carbons (Fsp3) is 0.632. The van der Waals surface area contributed by atoms with E-state index in [1.54, 1.807) is 0 Å². The van der Waals surface area contributed by atoms with E-state index in [-0.39, 0.29) is 30.0 Å². The van der Waals surface area contributed by atoms with E-state index in [9.17, 15) is 0 Å². The molecule has 0 bridgehead atoms. The highest BCUT2D eigenvalue weighted by molar-refractivity contribution is 14.0. The average molecular weight is 458 g/mol. The molecule has 6 heteroatoms. The Morgan fingerprint density at radius 1 is 1.28 bits per heavy atom. The van der Waals surface area contributed by atoms with Crippen molar-refractivity contribution in [3.63, 3.8) is 0 Å². The van der Waals surface area contributed by atoms with Gasteiger partial charge < -0.3 is 15.8 Å². The second kappa shape index (κ2) is 10.3. The Labute approximate surface area is 168 Å². The van der Waals surface area contributed by atoms with Gasteiger partial charge in [-0.1, -0.05) is 36.2 Å². The molecule has 25 heavy (non-hydrogen) atoms. The van der Waals surface area contributed by atoms with Crippen LogP contribution in [0.15, 0.2) is 29.3 Å². The van der Waals surface area contributed by atoms with Gasteiger partial charge in [-0.05, 0) is 31.2 Å². The Bertz CT molecular complexity index is 539. The first-order chi connectivity index (χ1) is 11.7. The van der Waals surface area contributed by atoms with Crippen LogP contribution in [-0.2, 0) is 4.74 Å². The molecule has 140 valence electrons. The van der Waals surface area contributed by atoms with Crippen LogP contribution in [0.2, 0.25) is 0 Å². The van der Waals surface area contributed by atoms with Crippen molar-refractivity contribution < 1.29 is 4.74 Å². The molecule has 2 aliphatic rings. The minimum Gasteiger partial charge on any atom is -0.379 e. The highest BCUT2D eigenvalue weighted by Gasteiger charge is 2.22. The number of guanidine groups is 1. The van der Waals surface area contributed by atoms with Crippen molar-refractivity contribution in [2.75, 3.05) is 39.4 Å². The zero-order valence-electron chi connectivity index (χ0n) is 15.1. The van der Waals surface area contributed by atoms with Crippen molar-refractivity contribution in [1.29, 1.82) is 0 Å². The van der Waals surface area contributed by atoms with Crippen LogP contribution in [0, 0.1) is 12.8 Å². The summed E-state index contributed by atoms with van der Waals surface area (Å²) < 4.78 is 5.50. The highest BCUT2D eigenvalue weighted by atomic mass is 127. The van der Waals surface area contributed by atoms with Gasteiger partial charge in [0.05, 0.1) is 25.8 Å². The lowest BCUT2D eigenvalue weighted by atomic mass is 9.85. The first kappa shape index (κ1) is 20.5. The van der Waals surface area contributed by atoms with Gasteiger partial charge >= 0.3 is 0 Å². The number of rotatable bonds is 6. The maximum atomic E-state index is 6.08. The monoisotopic (exact) mass is 458 g/mol. The largest absolute Gasteiger partial charge is 0.379 e. The summed E-state index contributed by atoms with van der Waals surface area (Å²) in [6.45, 7) is 7.25. The van der Waals surface area contributed by atoms with E-state index in [1.807, 2.05) is 0 Å². The van der Waals surface area contributed by atoms with Crippen molar-refractivity contribution in [2.45, 2.75) is 32.2 Å². The number of benzene rings is 1. The number of morpholine rings is 1. The van der Waals surface area contributed by atoms with Gasteiger partial charge in [-0.3, -0.25) is 9.89 Å². The summed E-state index contributed by atoms with van der Waals surface area (Å²) in [7, 11) is 0. The van der Waals surface area contributed by atoms with Gasteiger partial charge in [-0.15, -0.1) is 24.0 Å². The number of nitrogens with zero attached hydrogens (tertiary/aromatic N) is 2. The van der Waals surface area contributed by atoms with Crippen molar-refractivity contribution in [3.05, 3.63) is 35.4 Å². The second-order valence-corrected chi connectivity index (χ2v) is 6.98. The van der Waals surface area contributed by atoms with Crippen LogP contribution in [0.5, 0.6) is 0 Å². The number of nitrogens with two attached hydrogens (primary N) is 1. The molecule has 0 spiro atoms. The topological polar surface area (TPSA) is 62.9 Å². The fourth-order valence-electron chi connectivity index (χ4n) is 3.30. The van der Waals surface area contributed by atoms with E-state index in [2.05, 4.69) is 46.4 Å². The van der Waals surface area contributed by atoms with Crippen molar-refractivity contribution in [3.8, 4) is 0 Å². The molecular weight excluding hydrogens is 427 g/mol. The summed E-state index contributed by atoms with van der Waals surface area (Å²) in [5.41, 5.74) is 8.66. The Hall–Kier alpha value is -0.860. The summed E-state index contributed by atoms with van der Waals surface area (Å²) in [4.78, 5) is 7.08. The van der Waals surface area contributed by atoms with Crippen LogP contribution in [0.1, 0.15) is 36.4 Å². The number of aliphatic imine (C=N–C) groups is 1. The second-order valence-electron chi connectivity index (χ2n) is 6.98. The summed E-state index contributed by atoms with van der Waals surface area (Å²) in [5, 5.41) is 3.29. The van der Waals surface area contributed by atoms with Gasteiger partial charge in [-0.2, -0.15) is 0 Å². The van der Waals surface area contributed by atoms with E-state index in [0.717, 1.165) is 38.8 Å². The zero-order valence-corrected chi connectivity index (χ0v) is 17.4. The van der Waals surface area contributed by atoms with E-state index >= 15 is 0 Å².